The Labute approximate surface area is 151 Å². The van der Waals surface area contributed by atoms with Gasteiger partial charge in [0.25, 0.3) is 5.78 Å². The Kier molecular flexibility index (Phi) is 4.78. The van der Waals surface area contributed by atoms with Crippen LogP contribution in [-0.4, -0.2) is 52.6 Å². The number of carbonyl (C=O) groups is 1. The number of ether oxygens (including phenoxy) is 2. The lowest BCUT2D eigenvalue weighted by Crippen LogP contribution is -2.55. The molecule has 136 valence electrons. The number of hydrogen-bond acceptors (Lipinski definition) is 6. The van der Waals surface area contributed by atoms with Gasteiger partial charge in [0.15, 0.2) is 0 Å². The zero-order chi connectivity index (χ0) is 18.9. The second-order valence-electron chi connectivity index (χ2n) is 6.06. The minimum Gasteiger partial charge on any atom is -0.622 e. The summed E-state index contributed by atoms with van der Waals surface area (Å²) in [6, 6.07) is 15.1. The second kappa shape index (κ2) is 6.87. The fourth-order valence-electron chi connectivity index (χ4n) is 3.06. The largest absolute Gasteiger partial charge is 0.622 e. The van der Waals surface area contributed by atoms with Gasteiger partial charge < -0.3 is 19.9 Å². The van der Waals surface area contributed by atoms with Gasteiger partial charge in [0, 0.05) is 25.2 Å². The van der Waals surface area contributed by atoms with Crippen LogP contribution in [0.4, 0.5) is 0 Å². The van der Waals surface area contributed by atoms with Crippen LogP contribution in [-0.2, 0) is 4.74 Å². The second-order valence-corrected chi connectivity index (χ2v) is 6.06. The normalized spacial score (nSPS) is 23.3. The fourth-order valence-corrected chi connectivity index (χ4v) is 3.06. The first-order chi connectivity index (χ1) is 12.4. The molecule has 2 aromatic carbocycles. The summed E-state index contributed by atoms with van der Waals surface area (Å²) in [5.74, 6) is 0.101. The van der Waals surface area contributed by atoms with Crippen molar-refractivity contribution in [3.63, 3.8) is 0 Å². The maximum Gasteiger partial charge on any atom is 0.314 e. The van der Waals surface area contributed by atoms with Crippen LogP contribution >= 0.6 is 0 Å². The standard InChI is InChI=1S/C19H20N2O5/c1-19(17(22)14-7-5-4-6-8-14)20(23)16(18(26-3)21(19)24)13-9-11-15(25-2)12-10-13/h4-12,18,24H,1-3H3/t18-,19-/m0/s1. The summed E-state index contributed by atoms with van der Waals surface area (Å²) in [7, 11) is 2.91. The lowest BCUT2D eigenvalue weighted by Gasteiger charge is -2.27. The first kappa shape index (κ1) is 18.1. The molecule has 1 aliphatic rings. The van der Waals surface area contributed by atoms with Crippen molar-refractivity contribution in [2.75, 3.05) is 14.2 Å². The van der Waals surface area contributed by atoms with Crippen molar-refractivity contribution < 1.29 is 24.2 Å². The summed E-state index contributed by atoms with van der Waals surface area (Å²) in [6.07, 6.45) is -1.08. The van der Waals surface area contributed by atoms with Gasteiger partial charge in [0.2, 0.25) is 11.9 Å². The number of carbonyl (C=O) groups excluding carboxylic acids is 1. The van der Waals surface area contributed by atoms with Gasteiger partial charge in [-0.2, -0.15) is 4.74 Å². The molecular formula is C19H20N2O5. The van der Waals surface area contributed by atoms with Crippen LogP contribution in [0.15, 0.2) is 54.6 Å². The van der Waals surface area contributed by atoms with E-state index in [0.717, 1.165) is 0 Å². The highest BCUT2D eigenvalue weighted by molar-refractivity contribution is 6.07. The number of rotatable bonds is 5. The highest BCUT2D eigenvalue weighted by Crippen LogP contribution is 2.31. The predicted molar refractivity (Wildman–Crippen MR) is 94.3 cm³/mol. The van der Waals surface area contributed by atoms with E-state index in [0.29, 0.717) is 26.7 Å². The van der Waals surface area contributed by atoms with Crippen LogP contribution in [0.3, 0.4) is 0 Å². The average molecular weight is 356 g/mol. The number of nitrogens with zero attached hydrogens (tertiary/aromatic N) is 2. The molecule has 1 aliphatic heterocycles. The molecule has 1 heterocycles. The van der Waals surface area contributed by atoms with E-state index >= 15 is 0 Å². The molecule has 0 aliphatic carbocycles. The summed E-state index contributed by atoms with van der Waals surface area (Å²) in [5, 5.41) is 24.4. The number of benzene rings is 2. The van der Waals surface area contributed by atoms with E-state index < -0.39 is 17.7 Å². The van der Waals surface area contributed by atoms with Crippen molar-refractivity contribution in [2.24, 2.45) is 0 Å². The molecule has 2 atom stereocenters. The van der Waals surface area contributed by atoms with Gasteiger partial charge in [0.1, 0.15) is 5.75 Å². The van der Waals surface area contributed by atoms with Crippen molar-refractivity contribution in [2.45, 2.75) is 18.8 Å². The third-order valence-corrected chi connectivity index (χ3v) is 4.59. The Balaban J connectivity index is 2.11. The number of Topliss-reactive ketones (excluding diaryl/α,β-unsaturated/α-hetero) is 1. The molecule has 0 amide bonds. The number of ketones is 1. The van der Waals surface area contributed by atoms with E-state index in [4.69, 9.17) is 9.47 Å². The summed E-state index contributed by atoms with van der Waals surface area (Å²) >= 11 is 0. The van der Waals surface area contributed by atoms with Gasteiger partial charge in [-0.15, -0.1) is 0 Å². The molecule has 2 aromatic rings. The monoisotopic (exact) mass is 356 g/mol. The van der Waals surface area contributed by atoms with E-state index in [9.17, 15) is 15.2 Å². The lowest BCUT2D eigenvalue weighted by molar-refractivity contribution is -0.563. The summed E-state index contributed by atoms with van der Waals surface area (Å²) in [6.45, 7) is 1.37. The Hall–Kier alpha value is -2.74. The molecule has 7 nitrogen and oxygen atoms in total. The minimum absolute atomic E-state index is 0.143. The maximum absolute atomic E-state index is 13.1. The van der Waals surface area contributed by atoms with Crippen molar-refractivity contribution in [1.82, 2.24) is 5.06 Å². The average Bonchev–Trinajstić information content (AvgIpc) is 2.89. The van der Waals surface area contributed by atoms with E-state index in [1.54, 1.807) is 61.7 Å². The molecule has 0 bridgehead atoms. The lowest BCUT2D eigenvalue weighted by atomic mass is 10.00. The molecule has 1 N–H and O–H groups in total. The Morgan fingerprint density at radius 1 is 1.15 bits per heavy atom. The smallest absolute Gasteiger partial charge is 0.314 e. The number of hydrogen-bond donors (Lipinski definition) is 1. The maximum atomic E-state index is 13.1. The third-order valence-electron chi connectivity index (χ3n) is 4.59. The topological polar surface area (TPSA) is 85.1 Å². The fraction of sp³-hybridized carbons (Fsp3) is 0.263. The molecule has 0 spiro atoms. The molecule has 7 heteroatoms. The number of methoxy groups -OCH3 is 2. The van der Waals surface area contributed by atoms with Crippen molar-refractivity contribution in [1.29, 1.82) is 0 Å². The van der Waals surface area contributed by atoms with Crippen LogP contribution < -0.4 is 4.74 Å². The molecule has 0 aromatic heterocycles. The van der Waals surface area contributed by atoms with Crippen molar-refractivity contribution >= 4 is 11.5 Å². The summed E-state index contributed by atoms with van der Waals surface area (Å²) < 4.78 is 10.9. The number of hydroxylamine groups is 3. The SMILES string of the molecule is COc1ccc(C2=[N+]([O-])[C@](C)(C(=O)c3ccccc3)N(O)[C@H]2OC)cc1. The molecule has 0 fully saturated rings. The molecule has 0 saturated carbocycles. The summed E-state index contributed by atoms with van der Waals surface area (Å²) in [5.41, 5.74) is -0.862. The van der Waals surface area contributed by atoms with Gasteiger partial charge >= 0.3 is 5.66 Å². The molecule has 3 rings (SSSR count). The van der Waals surface area contributed by atoms with Gasteiger partial charge in [-0.25, -0.2) is 0 Å². The van der Waals surface area contributed by atoms with Gasteiger partial charge in [-0.1, -0.05) is 35.4 Å². The molecular weight excluding hydrogens is 336 g/mol. The van der Waals surface area contributed by atoms with Gasteiger partial charge in [-0.05, 0) is 24.3 Å². The van der Waals surface area contributed by atoms with Crippen LogP contribution in [0.2, 0.25) is 0 Å². The Bertz CT molecular complexity index is 835. The van der Waals surface area contributed by atoms with Crippen LogP contribution in [0.5, 0.6) is 5.75 Å². The molecule has 26 heavy (non-hydrogen) atoms. The van der Waals surface area contributed by atoms with E-state index in [-0.39, 0.29) is 5.71 Å². The Morgan fingerprint density at radius 2 is 1.77 bits per heavy atom. The Morgan fingerprint density at radius 3 is 2.31 bits per heavy atom. The molecule has 0 unspecified atom stereocenters. The minimum atomic E-state index is -1.85. The van der Waals surface area contributed by atoms with Crippen LogP contribution in [0.25, 0.3) is 0 Å². The van der Waals surface area contributed by atoms with Crippen LogP contribution in [0, 0.1) is 5.21 Å². The zero-order valence-corrected chi connectivity index (χ0v) is 14.7. The highest BCUT2D eigenvalue weighted by Gasteiger charge is 2.60. The van der Waals surface area contributed by atoms with Gasteiger partial charge in [-0.3, -0.25) is 4.79 Å². The van der Waals surface area contributed by atoms with E-state index in [1.165, 1.54) is 14.0 Å². The molecule has 0 radical (unpaired) electrons. The highest BCUT2D eigenvalue weighted by atomic mass is 16.6. The van der Waals surface area contributed by atoms with Gasteiger partial charge in [0.05, 0.1) is 7.11 Å². The van der Waals surface area contributed by atoms with Crippen LogP contribution in [0.1, 0.15) is 22.8 Å². The van der Waals surface area contributed by atoms with E-state index in [1.807, 2.05) is 0 Å². The first-order valence-electron chi connectivity index (χ1n) is 8.04. The van der Waals surface area contributed by atoms with Crippen molar-refractivity contribution in [3.05, 3.63) is 70.9 Å². The first-order valence-corrected chi connectivity index (χ1v) is 8.04. The van der Waals surface area contributed by atoms with Crippen molar-refractivity contribution in [3.8, 4) is 5.75 Å². The quantitative estimate of drug-likeness (QED) is 0.503. The third kappa shape index (κ3) is 2.66. The van der Waals surface area contributed by atoms with E-state index in [2.05, 4.69) is 0 Å². The summed E-state index contributed by atoms with van der Waals surface area (Å²) in [4.78, 5) is 13.0. The predicted octanol–water partition coefficient (Wildman–Crippen LogP) is 2.27. The zero-order valence-electron chi connectivity index (χ0n) is 14.7. The molecule has 0 saturated heterocycles.